The molecule has 0 radical (unpaired) electrons. The van der Waals surface area contributed by atoms with Gasteiger partial charge < -0.3 is 4.74 Å². The molecule has 0 saturated heterocycles. The van der Waals surface area contributed by atoms with Crippen LogP contribution in [0.25, 0.3) is 0 Å². The molecule has 0 aromatic carbocycles. The first kappa shape index (κ1) is 18.7. The molecule has 22 heavy (non-hydrogen) atoms. The Hall–Kier alpha value is -1.34. The summed E-state index contributed by atoms with van der Waals surface area (Å²) in [6.45, 7) is 11.9. The normalized spacial score (nSPS) is 20.5. The predicted octanol–water partition coefficient (Wildman–Crippen LogP) is 6.16. The van der Waals surface area contributed by atoms with Crippen LogP contribution in [0.2, 0.25) is 0 Å². The molecule has 0 bridgehead atoms. The van der Waals surface area contributed by atoms with Crippen LogP contribution in [-0.2, 0) is 4.74 Å². The Balaban J connectivity index is 2.73. The third kappa shape index (κ3) is 6.19. The zero-order chi connectivity index (χ0) is 16.6. The quantitative estimate of drug-likeness (QED) is 0.533. The van der Waals surface area contributed by atoms with Gasteiger partial charge in [-0.1, -0.05) is 67.0 Å². The number of hydrogen-bond donors (Lipinski definition) is 0. The first-order valence-corrected chi connectivity index (χ1v) is 8.26. The highest BCUT2D eigenvalue weighted by atomic mass is 16.5. The summed E-state index contributed by atoms with van der Waals surface area (Å²) < 4.78 is 5.03. The molecule has 0 spiro atoms. The van der Waals surface area contributed by atoms with E-state index in [0.29, 0.717) is 12.0 Å². The molecule has 1 aliphatic carbocycles. The molecular formula is C21H32O. The fourth-order valence-electron chi connectivity index (χ4n) is 2.92. The topological polar surface area (TPSA) is 9.23 Å². The largest absolute Gasteiger partial charge is 0.381 e. The van der Waals surface area contributed by atoms with Crippen LogP contribution in [0.4, 0.5) is 0 Å². The van der Waals surface area contributed by atoms with Gasteiger partial charge in [0.2, 0.25) is 0 Å². The first-order chi connectivity index (χ1) is 10.4. The Kier molecular flexibility index (Phi) is 7.61. The second-order valence-electron chi connectivity index (χ2n) is 6.94. The molecular weight excluding hydrogens is 268 g/mol. The van der Waals surface area contributed by atoms with E-state index in [9.17, 15) is 0 Å². The number of rotatable bonds is 6. The number of methoxy groups -OCH3 is 1. The molecule has 1 aliphatic rings. The summed E-state index contributed by atoms with van der Waals surface area (Å²) in [5, 5.41) is 0. The van der Waals surface area contributed by atoms with Crippen LogP contribution in [0.15, 0.2) is 58.7 Å². The van der Waals surface area contributed by atoms with E-state index in [4.69, 9.17) is 4.74 Å². The lowest BCUT2D eigenvalue weighted by Gasteiger charge is -2.32. The third-order valence-corrected chi connectivity index (χ3v) is 4.35. The summed E-state index contributed by atoms with van der Waals surface area (Å²) in [5.41, 5.74) is 5.88. The van der Waals surface area contributed by atoms with Crippen LogP contribution < -0.4 is 0 Å². The molecule has 0 aromatic heterocycles. The molecule has 0 N–H and O–H groups in total. The molecule has 122 valence electrons. The van der Waals surface area contributed by atoms with E-state index in [2.05, 4.69) is 71.1 Å². The van der Waals surface area contributed by atoms with Gasteiger partial charge >= 0.3 is 0 Å². The maximum absolute atomic E-state index is 5.03. The fourth-order valence-corrected chi connectivity index (χ4v) is 2.92. The lowest BCUT2D eigenvalue weighted by molar-refractivity contribution is 0.233. The van der Waals surface area contributed by atoms with Crippen molar-refractivity contribution in [2.45, 2.75) is 53.9 Å². The Labute approximate surface area is 137 Å². The summed E-state index contributed by atoms with van der Waals surface area (Å²) >= 11 is 0. The maximum atomic E-state index is 5.03. The molecule has 0 aromatic rings. The lowest BCUT2D eigenvalue weighted by Crippen LogP contribution is -2.19. The van der Waals surface area contributed by atoms with E-state index in [-0.39, 0.29) is 0 Å². The van der Waals surface area contributed by atoms with E-state index in [1.165, 1.54) is 36.0 Å². The van der Waals surface area contributed by atoms with Crippen molar-refractivity contribution >= 4 is 0 Å². The molecule has 0 atom stereocenters. The third-order valence-electron chi connectivity index (χ3n) is 4.35. The van der Waals surface area contributed by atoms with Gasteiger partial charge in [-0.05, 0) is 51.0 Å². The van der Waals surface area contributed by atoms with E-state index < -0.39 is 0 Å². The van der Waals surface area contributed by atoms with Gasteiger partial charge in [0, 0.05) is 7.11 Å². The van der Waals surface area contributed by atoms with Crippen LogP contribution in [0.5, 0.6) is 0 Å². The number of hydrogen-bond acceptors (Lipinski definition) is 1. The van der Waals surface area contributed by atoms with Crippen molar-refractivity contribution in [3.05, 3.63) is 58.7 Å². The average molecular weight is 300 g/mol. The van der Waals surface area contributed by atoms with Gasteiger partial charge in [-0.3, -0.25) is 0 Å². The monoisotopic (exact) mass is 300 g/mol. The highest BCUT2D eigenvalue weighted by Gasteiger charge is 2.26. The van der Waals surface area contributed by atoms with Crippen molar-refractivity contribution in [3.63, 3.8) is 0 Å². The zero-order valence-electron chi connectivity index (χ0n) is 15.2. The Morgan fingerprint density at radius 3 is 2.55 bits per heavy atom. The second kappa shape index (κ2) is 8.95. The van der Waals surface area contributed by atoms with E-state index in [0.717, 1.165) is 0 Å². The van der Waals surface area contributed by atoms with Gasteiger partial charge in [0.25, 0.3) is 0 Å². The summed E-state index contributed by atoms with van der Waals surface area (Å²) in [4.78, 5) is 0. The van der Waals surface area contributed by atoms with Crippen molar-refractivity contribution in [3.8, 4) is 0 Å². The molecule has 0 amide bonds. The molecule has 0 heterocycles. The van der Waals surface area contributed by atoms with Gasteiger partial charge in [-0.2, -0.15) is 0 Å². The van der Waals surface area contributed by atoms with Crippen LogP contribution in [0, 0.1) is 5.41 Å². The zero-order valence-corrected chi connectivity index (χ0v) is 15.2. The smallest absolute Gasteiger partial charge is 0.0649 e. The second-order valence-corrected chi connectivity index (χ2v) is 6.94. The van der Waals surface area contributed by atoms with E-state index in [1.54, 1.807) is 12.7 Å². The summed E-state index contributed by atoms with van der Waals surface area (Å²) in [7, 11) is 1.71. The van der Waals surface area contributed by atoms with Gasteiger partial charge in [0.1, 0.15) is 0 Å². The van der Waals surface area contributed by atoms with Gasteiger partial charge in [0.05, 0.1) is 6.61 Å². The SMILES string of the molecule is COCC=C(C)/C=C\C=C(C)C=CC1=C(C)CCCC1(C)C. The maximum Gasteiger partial charge on any atom is 0.0649 e. The minimum atomic E-state index is 0.314. The van der Waals surface area contributed by atoms with Crippen molar-refractivity contribution < 1.29 is 4.74 Å². The number of allylic oxidation sites excluding steroid dienone is 9. The standard InChI is InChI=1S/C21H32O/c1-17(9-7-10-18(2)14-16-22-6)12-13-20-19(3)11-8-15-21(20,4)5/h7,9-10,12-14H,8,11,15-16H2,1-6H3/b10-7-,13-12?,17-9?,18-14?. The molecule has 1 rings (SSSR count). The van der Waals surface area contributed by atoms with Gasteiger partial charge in [-0.15, -0.1) is 0 Å². The highest BCUT2D eigenvalue weighted by Crippen LogP contribution is 2.40. The van der Waals surface area contributed by atoms with Crippen LogP contribution in [-0.4, -0.2) is 13.7 Å². The minimum absolute atomic E-state index is 0.314. The summed E-state index contributed by atoms with van der Waals surface area (Å²) in [6.07, 6.45) is 16.9. The Morgan fingerprint density at radius 1 is 1.18 bits per heavy atom. The summed E-state index contributed by atoms with van der Waals surface area (Å²) in [6, 6.07) is 0. The minimum Gasteiger partial charge on any atom is -0.381 e. The Bertz CT molecular complexity index is 510. The lowest BCUT2D eigenvalue weighted by atomic mass is 9.72. The van der Waals surface area contributed by atoms with Crippen LogP contribution >= 0.6 is 0 Å². The average Bonchev–Trinajstić information content (AvgIpc) is 2.43. The predicted molar refractivity (Wildman–Crippen MR) is 98.0 cm³/mol. The van der Waals surface area contributed by atoms with Gasteiger partial charge in [0.15, 0.2) is 0 Å². The van der Waals surface area contributed by atoms with Crippen LogP contribution in [0.3, 0.4) is 0 Å². The van der Waals surface area contributed by atoms with Crippen molar-refractivity contribution in [2.24, 2.45) is 5.41 Å². The Morgan fingerprint density at radius 2 is 1.91 bits per heavy atom. The molecule has 0 aliphatic heterocycles. The van der Waals surface area contributed by atoms with E-state index in [1.807, 2.05) is 0 Å². The molecule has 1 heteroatoms. The van der Waals surface area contributed by atoms with Crippen LogP contribution in [0.1, 0.15) is 53.9 Å². The molecule has 1 nitrogen and oxygen atoms in total. The highest BCUT2D eigenvalue weighted by molar-refractivity contribution is 5.37. The van der Waals surface area contributed by atoms with Crippen molar-refractivity contribution in [1.29, 1.82) is 0 Å². The van der Waals surface area contributed by atoms with Crippen molar-refractivity contribution in [1.82, 2.24) is 0 Å². The number of ether oxygens (including phenoxy) is 1. The van der Waals surface area contributed by atoms with Gasteiger partial charge in [-0.25, -0.2) is 0 Å². The van der Waals surface area contributed by atoms with E-state index >= 15 is 0 Å². The molecule has 0 saturated carbocycles. The first-order valence-electron chi connectivity index (χ1n) is 8.26. The van der Waals surface area contributed by atoms with Crippen molar-refractivity contribution in [2.75, 3.05) is 13.7 Å². The summed E-state index contributed by atoms with van der Waals surface area (Å²) in [5.74, 6) is 0. The fraction of sp³-hybridized carbons (Fsp3) is 0.524. The molecule has 0 fully saturated rings. The molecule has 0 unspecified atom stereocenters.